The van der Waals surface area contributed by atoms with Gasteiger partial charge in [0, 0.05) is 78.6 Å². The second kappa shape index (κ2) is 38.8. The van der Waals surface area contributed by atoms with Gasteiger partial charge in [0.1, 0.15) is 36.8 Å². The Morgan fingerprint density at radius 3 is 1.89 bits per heavy atom. The molecule has 1 unspecified atom stereocenters. The maximum absolute atomic E-state index is 14.8. The van der Waals surface area contributed by atoms with Crippen molar-refractivity contribution < 1.29 is 76.9 Å². The average Bonchev–Trinajstić information content (AvgIpc) is 1.81. The standard InChI is InChI=1S/C68H103N11O16/c1-14-43(8)59(51(93-12)38-55(83)78-36-22-26-50(78)60(94-13)44(9)61(84)73-49(66(89)90)37-45-23-17-15-18-24-45)76(10)65(88)57(41(4)5)75-64(87)58(42(6)7)77(11)68(92)95-39-46-28-30-47(31-29-46)71-62(85)48(25-21-34-70-67(69)91)72-63(86)56(40(2)3)74-52(80)27-19-16-20-35-79-53(81)32-33-54(79)82/h15,17-18,23-24,28-33,40-44,48-51,56-60H,14,16,19-22,25-27,34-39H2,1-13H3,(H,71,85)(H,72,86)(H,73,84)(H,74,80)(H,75,87)(H,89,90)(H3,69,70,91)/t43-,44+,48?,49-,50-,51+,56-,57-,58-,59-,60+/m0/s1. The third-order valence-corrected chi connectivity index (χ3v) is 17.6. The molecule has 0 bridgehead atoms. The highest BCUT2D eigenvalue weighted by atomic mass is 16.6. The zero-order valence-electron chi connectivity index (χ0n) is 57.5. The van der Waals surface area contributed by atoms with Crippen LogP contribution in [-0.2, 0) is 75.2 Å². The Morgan fingerprint density at radius 2 is 1.33 bits per heavy atom. The Balaban J connectivity index is 1.38. The number of hydrogen-bond acceptors (Lipinski definition) is 15. The number of anilines is 1. The number of benzene rings is 2. The number of nitrogens with one attached hydrogen (secondary N) is 6. The Bertz CT molecular complexity index is 2950. The third kappa shape index (κ3) is 23.8. The first-order valence-electron chi connectivity index (χ1n) is 32.9. The molecule has 4 rings (SSSR count). The molecule has 2 aliphatic heterocycles. The molecule has 0 aliphatic carbocycles. The number of rotatable bonds is 39. The Kier molecular flexibility index (Phi) is 32.2. The lowest BCUT2D eigenvalue weighted by Crippen LogP contribution is -2.60. The number of carbonyl (C=O) groups excluding carboxylic acids is 11. The van der Waals surface area contributed by atoms with Crippen LogP contribution < -0.4 is 37.6 Å². The molecular weight excluding hydrogens is 1230 g/mol. The molecule has 2 aromatic rings. The molecule has 1 saturated heterocycles. The van der Waals surface area contributed by atoms with E-state index in [4.69, 9.17) is 19.9 Å². The first-order chi connectivity index (χ1) is 44.9. The molecule has 2 heterocycles. The molecule has 526 valence electrons. The van der Waals surface area contributed by atoms with Crippen LogP contribution in [0, 0.1) is 29.6 Å². The van der Waals surface area contributed by atoms with E-state index in [2.05, 4.69) is 31.9 Å². The van der Waals surface area contributed by atoms with Crippen LogP contribution in [0.15, 0.2) is 66.7 Å². The van der Waals surface area contributed by atoms with Crippen LogP contribution in [0.1, 0.15) is 138 Å². The van der Waals surface area contributed by atoms with Gasteiger partial charge in [-0.2, -0.15) is 0 Å². The van der Waals surface area contributed by atoms with Gasteiger partial charge in [0.2, 0.25) is 41.4 Å². The summed E-state index contributed by atoms with van der Waals surface area (Å²) >= 11 is 0. The minimum atomic E-state index is -1.19. The highest BCUT2D eigenvalue weighted by molar-refractivity contribution is 6.12. The molecule has 11 atom stereocenters. The molecule has 2 aromatic carbocycles. The number of amides is 12. The summed E-state index contributed by atoms with van der Waals surface area (Å²) in [5.74, 6) is -7.74. The highest BCUT2D eigenvalue weighted by Crippen LogP contribution is 2.30. The van der Waals surface area contributed by atoms with Crippen molar-refractivity contribution in [2.45, 2.75) is 194 Å². The number of carboxylic acid groups (broad SMARTS) is 1. The van der Waals surface area contributed by atoms with Gasteiger partial charge in [-0.05, 0) is 85.5 Å². The van der Waals surface area contributed by atoms with E-state index in [0.717, 1.165) is 15.4 Å². The molecule has 9 N–H and O–H groups in total. The number of primary amides is 1. The summed E-state index contributed by atoms with van der Waals surface area (Å²) in [5, 5.41) is 26.4. The molecule has 0 radical (unpaired) electrons. The van der Waals surface area contributed by atoms with Crippen molar-refractivity contribution in [2.75, 3.05) is 53.3 Å². The van der Waals surface area contributed by atoms with Gasteiger partial charge in [-0.15, -0.1) is 0 Å². The van der Waals surface area contributed by atoms with E-state index in [1.54, 1.807) is 109 Å². The van der Waals surface area contributed by atoms with E-state index < -0.39 is 126 Å². The van der Waals surface area contributed by atoms with Crippen molar-refractivity contribution in [1.82, 2.24) is 46.2 Å². The summed E-state index contributed by atoms with van der Waals surface area (Å²) in [6, 6.07) is 7.86. The smallest absolute Gasteiger partial charge is 0.410 e. The quantitative estimate of drug-likeness (QED) is 0.0333. The molecule has 1 fully saturated rings. The predicted molar refractivity (Wildman–Crippen MR) is 354 cm³/mol. The molecule has 2 aliphatic rings. The van der Waals surface area contributed by atoms with Gasteiger partial charge in [-0.1, -0.05) is 118 Å². The highest BCUT2D eigenvalue weighted by Gasteiger charge is 2.44. The fourth-order valence-corrected chi connectivity index (χ4v) is 12.0. The number of imide groups is 1. The van der Waals surface area contributed by atoms with Gasteiger partial charge in [-0.3, -0.25) is 53.0 Å². The van der Waals surface area contributed by atoms with Crippen molar-refractivity contribution in [2.24, 2.45) is 35.3 Å². The summed E-state index contributed by atoms with van der Waals surface area (Å²) in [5.41, 5.74) is 6.83. The summed E-state index contributed by atoms with van der Waals surface area (Å²) in [6.45, 7) is 16.6. The molecule has 0 aromatic heterocycles. The van der Waals surface area contributed by atoms with Crippen LogP contribution in [0.2, 0.25) is 0 Å². The second-order valence-corrected chi connectivity index (χ2v) is 25.7. The number of ether oxygens (including phenoxy) is 3. The number of urea groups is 1. The molecule has 0 saturated carbocycles. The summed E-state index contributed by atoms with van der Waals surface area (Å²) in [7, 11) is 5.96. The number of methoxy groups -OCH3 is 2. The van der Waals surface area contributed by atoms with Gasteiger partial charge in [-0.25, -0.2) is 14.4 Å². The van der Waals surface area contributed by atoms with Crippen LogP contribution in [0.3, 0.4) is 0 Å². The van der Waals surface area contributed by atoms with Gasteiger partial charge >= 0.3 is 18.1 Å². The first kappa shape index (κ1) is 79.0. The third-order valence-electron chi connectivity index (χ3n) is 17.6. The Hall–Kier alpha value is -8.46. The minimum Gasteiger partial charge on any atom is -0.480 e. The minimum absolute atomic E-state index is 0.0752. The van der Waals surface area contributed by atoms with Gasteiger partial charge < -0.3 is 66.8 Å². The molecule has 0 spiro atoms. The Morgan fingerprint density at radius 1 is 0.695 bits per heavy atom. The predicted octanol–water partition coefficient (Wildman–Crippen LogP) is 4.65. The molecule has 12 amide bonds. The van der Waals surface area contributed by atoms with Crippen molar-refractivity contribution in [1.29, 1.82) is 0 Å². The number of hydrogen-bond donors (Lipinski definition) is 8. The summed E-state index contributed by atoms with van der Waals surface area (Å²) in [4.78, 5) is 165. The number of likely N-dealkylation sites (tertiary alicyclic amines) is 1. The summed E-state index contributed by atoms with van der Waals surface area (Å²) in [6.07, 6.45) is 3.58. The lowest BCUT2D eigenvalue weighted by Gasteiger charge is -2.41. The van der Waals surface area contributed by atoms with Crippen molar-refractivity contribution in [3.05, 3.63) is 77.9 Å². The average molecular weight is 1330 g/mol. The van der Waals surface area contributed by atoms with Crippen LogP contribution in [-0.4, -0.2) is 198 Å². The van der Waals surface area contributed by atoms with Crippen LogP contribution in [0.25, 0.3) is 0 Å². The maximum Gasteiger partial charge on any atom is 0.410 e. The lowest BCUT2D eigenvalue weighted by molar-refractivity contribution is -0.148. The number of carbonyl (C=O) groups is 12. The topological polar surface area (TPSA) is 364 Å². The van der Waals surface area contributed by atoms with E-state index in [1.165, 1.54) is 38.3 Å². The van der Waals surface area contributed by atoms with Crippen molar-refractivity contribution in [3.8, 4) is 0 Å². The van der Waals surface area contributed by atoms with Gasteiger partial charge in [0.25, 0.3) is 11.8 Å². The monoisotopic (exact) mass is 1330 g/mol. The van der Waals surface area contributed by atoms with Gasteiger partial charge in [0.15, 0.2) is 0 Å². The zero-order chi connectivity index (χ0) is 70.8. The number of nitrogens with two attached hydrogens (primary N) is 1. The fraction of sp³-hybridized carbons (Fsp3) is 0.618. The van der Waals surface area contributed by atoms with E-state index in [-0.39, 0.29) is 81.4 Å². The normalized spacial score (nSPS) is 16.9. The largest absolute Gasteiger partial charge is 0.480 e. The number of carboxylic acids is 1. The molecule has 95 heavy (non-hydrogen) atoms. The van der Waals surface area contributed by atoms with E-state index in [9.17, 15) is 62.6 Å². The van der Waals surface area contributed by atoms with Crippen LogP contribution in [0.5, 0.6) is 0 Å². The van der Waals surface area contributed by atoms with Crippen molar-refractivity contribution in [3.63, 3.8) is 0 Å². The fourth-order valence-electron chi connectivity index (χ4n) is 12.0. The van der Waals surface area contributed by atoms with E-state index >= 15 is 0 Å². The Labute approximate surface area is 558 Å². The van der Waals surface area contributed by atoms with E-state index in [1.807, 2.05) is 19.9 Å². The van der Waals surface area contributed by atoms with E-state index in [0.29, 0.717) is 56.3 Å². The number of nitrogens with zero attached hydrogens (tertiary/aromatic N) is 4. The lowest BCUT2D eigenvalue weighted by atomic mass is 9.89. The SMILES string of the molecule is CC[C@H](C)[C@@H]([C@@H](CC(=O)N1CCC[C@H]1[C@H](OC)[C@@H](C)C(=O)N[C@@H](Cc1ccccc1)C(=O)O)OC)N(C)C(=O)[C@@H](NC(=O)[C@H](C(C)C)N(C)C(=O)OCc1ccc(NC(=O)C(CCCNC(N)=O)NC(=O)[C@@H](NC(=O)CCCCCN2C(=O)C=CC2=O)C(C)C)cc1)C(C)C. The number of likely N-dealkylation sites (N-methyl/N-ethyl adjacent to an activating group) is 2. The van der Waals surface area contributed by atoms with Crippen LogP contribution in [0.4, 0.5) is 15.3 Å². The summed E-state index contributed by atoms with van der Waals surface area (Å²) < 4.78 is 17.7. The van der Waals surface area contributed by atoms with Gasteiger partial charge in [0.05, 0.1) is 36.6 Å². The van der Waals surface area contributed by atoms with Crippen molar-refractivity contribution >= 4 is 76.9 Å². The second-order valence-electron chi connectivity index (χ2n) is 25.7. The number of unbranched alkanes of at least 4 members (excludes halogenated alkanes) is 2. The molecular formula is C68H103N11O16. The van der Waals surface area contributed by atoms with Crippen LogP contribution >= 0.6 is 0 Å². The zero-order valence-corrected chi connectivity index (χ0v) is 57.5. The molecule has 27 nitrogen and oxygen atoms in total. The maximum atomic E-state index is 14.8. The number of aliphatic carboxylic acids is 1. The first-order valence-corrected chi connectivity index (χ1v) is 32.9. The molecule has 27 heteroatoms.